The summed E-state index contributed by atoms with van der Waals surface area (Å²) in [5.74, 6) is 0.632. The fourth-order valence-corrected chi connectivity index (χ4v) is 9.49. The minimum absolute atomic E-state index is 0.632. The highest BCUT2D eigenvalue weighted by Gasteiger charge is 2.21. The Kier molecular flexibility index (Phi) is 9.99. The Morgan fingerprint density at radius 3 is 1.24 bits per heavy atom. The van der Waals surface area contributed by atoms with Crippen LogP contribution in [-0.4, -0.2) is 9.55 Å². The Morgan fingerprint density at radius 2 is 0.776 bits per heavy atom. The van der Waals surface area contributed by atoms with Gasteiger partial charge >= 0.3 is 0 Å². The number of fused-ring (bicyclic) bond motifs is 4. The van der Waals surface area contributed by atoms with E-state index in [1.807, 2.05) is 36.4 Å². The average molecular weight is 861 g/mol. The molecule has 0 atom stereocenters. The molecule has 0 radical (unpaired) electrons. The minimum atomic E-state index is 0.632. The number of benzene rings is 10. The molecule has 0 aliphatic rings. The molecule has 67 heavy (non-hydrogen) atoms. The lowest BCUT2D eigenvalue weighted by molar-refractivity contribution is 0.620. The minimum Gasteiger partial charge on any atom is -0.436 e. The second kappa shape index (κ2) is 16.9. The van der Waals surface area contributed by atoms with Crippen LogP contribution in [0.4, 0.5) is 34.1 Å². The van der Waals surface area contributed by atoms with Crippen molar-refractivity contribution in [3.8, 4) is 39.4 Å². The van der Waals surface area contributed by atoms with Gasteiger partial charge in [0.25, 0.3) is 0 Å². The summed E-state index contributed by atoms with van der Waals surface area (Å²) in [6.45, 7) is 2.23. The lowest BCUT2D eigenvalue weighted by Crippen LogP contribution is -2.09. The predicted molar refractivity (Wildman–Crippen MR) is 279 cm³/mol. The second-order valence-corrected chi connectivity index (χ2v) is 16.9. The first-order valence-corrected chi connectivity index (χ1v) is 22.7. The number of nitrogens with zero attached hydrogens (tertiary/aromatic N) is 4. The summed E-state index contributed by atoms with van der Waals surface area (Å²) in [6, 6.07) is 88.3. The number of hydrogen-bond donors (Lipinski definition) is 0. The van der Waals surface area contributed by atoms with Crippen LogP contribution >= 0.6 is 0 Å². The van der Waals surface area contributed by atoms with Crippen molar-refractivity contribution in [1.82, 2.24) is 9.55 Å². The van der Waals surface area contributed by atoms with Gasteiger partial charge in [0.05, 0.1) is 11.0 Å². The van der Waals surface area contributed by atoms with Crippen LogP contribution in [0.5, 0.6) is 0 Å². The lowest BCUT2D eigenvalue weighted by Gasteiger charge is -2.26. The quantitative estimate of drug-likeness (QED) is 0.137. The maximum absolute atomic E-state index is 6.21. The first-order valence-electron chi connectivity index (χ1n) is 22.7. The van der Waals surface area contributed by atoms with Crippen LogP contribution < -0.4 is 9.80 Å². The van der Waals surface area contributed by atoms with E-state index in [-0.39, 0.29) is 0 Å². The third kappa shape index (κ3) is 7.39. The third-order valence-corrected chi connectivity index (χ3v) is 12.7. The number of oxazole rings is 1. The average Bonchev–Trinajstić information content (AvgIpc) is 3.97. The Bertz CT molecular complexity index is 3460. The van der Waals surface area contributed by atoms with E-state index in [2.05, 4.69) is 234 Å². The predicted octanol–water partition coefficient (Wildman–Crippen LogP) is 17.2. The van der Waals surface area contributed by atoms with Gasteiger partial charge in [0.1, 0.15) is 5.52 Å². The fourth-order valence-electron chi connectivity index (χ4n) is 9.49. The molecule has 318 valence electrons. The van der Waals surface area contributed by atoms with Gasteiger partial charge in [-0.1, -0.05) is 127 Å². The first-order chi connectivity index (χ1) is 33.1. The van der Waals surface area contributed by atoms with E-state index < -0.39 is 0 Å². The summed E-state index contributed by atoms with van der Waals surface area (Å²) in [4.78, 5) is 9.41. The van der Waals surface area contributed by atoms with Gasteiger partial charge in [-0.2, -0.15) is 0 Å². The molecule has 5 heteroatoms. The van der Waals surface area contributed by atoms with Gasteiger partial charge in [0.2, 0.25) is 5.89 Å². The van der Waals surface area contributed by atoms with Gasteiger partial charge in [0, 0.05) is 56.1 Å². The molecule has 10 aromatic carbocycles. The van der Waals surface area contributed by atoms with Crippen LogP contribution in [0.2, 0.25) is 0 Å². The molecule has 5 nitrogen and oxygen atoms in total. The van der Waals surface area contributed by atoms with Gasteiger partial charge in [0.15, 0.2) is 5.58 Å². The van der Waals surface area contributed by atoms with Crippen molar-refractivity contribution in [2.45, 2.75) is 6.92 Å². The number of aromatic nitrogens is 2. The van der Waals surface area contributed by atoms with Crippen molar-refractivity contribution in [3.63, 3.8) is 0 Å². The molecular weight excluding hydrogens is 817 g/mol. The summed E-state index contributed by atoms with van der Waals surface area (Å²) in [7, 11) is 0. The SMILES string of the molecule is Cc1cc(-c2ccc(-c3ccc4nc(-c5ccccc5)oc4c3)cc2)ccc1-n1c2ccc(N(c3ccccc3)c3ccccc3)cc2c2cc(N(c3ccccc3)c3ccccc3)ccc21. The highest BCUT2D eigenvalue weighted by molar-refractivity contribution is 6.12. The zero-order valence-corrected chi connectivity index (χ0v) is 36.9. The molecule has 0 N–H and O–H groups in total. The zero-order chi connectivity index (χ0) is 44.7. The standard InChI is InChI=1S/C62H44N4O/c1-43-39-47(44-27-29-45(30-28-44)48-31-35-57-61(40-48)67-62(63-57)46-17-7-2-8-18-46)32-36-58(43)66-59-37-33-53(64(49-19-9-3-10-20-49)50-21-11-4-12-22-50)41-55(59)56-42-54(34-38-60(56)66)65(51-23-13-5-14-24-51)52-25-15-6-16-26-52/h2-42H,1H3. The summed E-state index contributed by atoms with van der Waals surface area (Å²) < 4.78 is 8.64. The first kappa shape index (κ1) is 39.6. The smallest absolute Gasteiger partial charge is 0.227 e. The Balaban J connectivity index is 0.958. The van der Waals surface area contributed by atoms with Gasteiger partial charge < -0.3 is 18.8 Å². The molecular formula is C62H44N4O. The maximum Gasteiger partial charge on any atom is 0.227 e. The normalized spacial score (nSPS) is 11.4. The molecule has 0 amide bonds. The topological polar surface area (TPSA) is 37.4 Å². The van der Waals surface area contributed by atoms with E-state index >= 15 is 0 Å². The lowest BCUT2D eigenvalue weighted by atomic mass is 9.98. The molecule has 0 aliphatic carbocycles. The molecule has 0 saturated heterocycles. The molecule has 12 aromatic rings. The van der Waals surface area contributed by atoms with Crippen molar-refractivity contribution >= 4 is 67.0 Å². The van der Waals surface area contributed by atoms with Crippen LogP contribution in [0.15, 0.2) is 253 Å². The van der Waals surface area contributed by atoms with Gasteiger partial charge in [-0.25, -0.2) is 4.98 Å². The van der Waals surface area contributed by atoms with E-state index in [0.717, 1.165) is 84.2 Å². The van der Waals surface area contributed by atoms with E-state index in [1.54, 1.807) is 0 Å². The summed E-state index contributed by atoms with van der Waals surface area (Å²) in [5, 5.41) is 2.34. The second-order valence-electron chi connectivity index (χ2n) is 16.9. The summed E-state index contributed by atoms with van der Waals surface area (Å²) >= 11 is 0. The number of aryl methyl sites for hydroxylation is 1. The van der Waals surface area contributed by atoms with Crippen LogP contribution in [0, 0.1) is 6.92 Å². The largest absolute Gasteiger partial charge is 0.436 e. The van der Waals surface area contributed by atoms with E-state index in [9.17, 15) is 0 Å². The molecule has 0 bridgehead atoms. The fraction of sp³-hybridized carbons (Fsp3) is 0.0161. The number of hydrogen-bond acceptors (Lipinski definition) is 4. The maximum atomic E-state index is 6.21. The van der Waals surface area contributed by atoms with Crippen LogP contribution in [0.1, 0.15) is 5.56 Å². The monoisotopic (exact) mass is 860 g/mol. The molecule has 0 saturated carbocycles. The molecule has 0 unspecified atom stereocenters. The van der Waals surface area contributed by atoms with Gasteiger partial charge in [-0.15, -0.1) is 0 Å². The Hall–Kier alpha value is -8.93. The Morgan fingerprint density at radius 1 is 0.358 bits per heavy atom. The molecule has 0 spiro atoms. The summed E-state index contributed by atoms with van der Waals surface area (Å²) in [6.07, 6.45) is 0. The molecule has 2 heterocycles. The van der Waals surface area contributed by atoms with E-state index in [1.165, 1.54) is 21.9 Å². The van der Waals surface area contributed by atoms with Crippen molar-refractivity contribution in [2.24, 2.45) is 0 Å². The number of rotatable bonds is 10. The third-order valence-electron chi connectivity index (χ3n) is 12.7. The van der Waals surface area contributed by atoms with E-state index in [0.29, 0.717) is 5.89 Å². The Labute approximate surface area is 389 Å². The highest BCUT2D eigenvalue weighted by atomic mass is 16.3. The van der Waals surface area contributed by atoms with Crippen molar-refractivity contribution in [2.75, 3.05) is 9.80 Å². The number of para-hydroxylation sites is 4. The highest BCUT2D eigenvalue weighted by Crippen LogP contribution is 2.43. The van der Waals surface area contributed by atoms with E-state index in [4.69, 9.17) is 9.40 Å². The number of anilines is 6. The van der Waals surface area contributed by atoms with Crippen LogP contribution in [-0.2, 0) is 0 Å². The van der Waals surface area contributed by atoms with Gasteiger partial charge in [-0.05, 0) is 156 Å². The van der Waals surface area contributed by atoms with Crippen LogP contribution in [0.3, 0.4) is 0 Å². The zero-order valence-electron chi connectivity index (χ0n) is 36.9. The molecule has 0 fully saturated rings. The van der Waals surface area contributed by atoms with Crippen molar-refractivity contribution in [3.05, 3.63) is 254 Å². The van der Waals surface area contributed by atoms with Gasteiger partial charge in [-0.3, -0.25) is 0 Å². The molecule has 0 aliphatic heterocycles. The van der Waals surface area contributed by atoms with Crippen LogP contribution in [0.25, 0.3) is 72.3 Å². The summed E-state index contributed by atoms with van der Waals surface area (Å²) in [5.41, 5.74) is 18.3. The van der Waals surface area contributed by atoms with Crippen molar-refractivity contribution in [1.29, 1.82) is 0 Å². The van der Waals surface area contributed by atoms with Crippen molar-refractivity contribution < 1.29 is 4.42 Å². The molecule has 12 rings (SSSR count). The molecule has 2 aromatic heterocycles.